The third kappa shape index (κ3) is 2.47. The van der Waals surface area contributed by atoms with Crippen molar-refractivity contribution in [2.45, 2.75) is 114 Å². The molecular formula is C28H40O7. The van der Waals surface area contributed by atoms with E-state index in [1.165, 1.54) is 0 Å². The molecule has 0 aromatic heterocycles. The Kier molecular flexibility index (Phi) is 4.39. The van der Waals surface area contributed by atoms with Gasteiger partial charge in [-0.1, -0.05) is 19.9 Å². The van der Waals surface area contributed by atoms with Crippen LogP contribution in [0.5, 0.6) is 0 Å². The second-order valence-electron chi connectivity index (χ2n) is 13.7. The van der Waals surface area contributed by atoms with Crippen LogP contribution < -0.4 is 0 Å². The molecule has 3 saturated carbocycles. The van der Waals surface area contributed by atoms with Gasteiger partial charge >= 0.3 is 0 Å². The van der Waals surface area contributed by atoms with Gasteiger partial charge in [0.2, 0.25) is 0 Å². The second-order valence-corrected chi connectivity index (χ2v) is 13.7. The van der Waals surface area contributed by atoms with Gasteiger partial charge in [-0.25, -0.2) is 0 Å². The summed E-state index contributed by atoms with van der Waals surface area (Å²) in [7, 11) is 0. The highest BCUT2D eigenvalue weighted by Crippen LogP contribution is 2.72. The maximum absolute atomic E-state index is 13.3. The number of hydrogen-bond donors (Lipinski definition) is 3. The average Bonchev–Trinajstić information content (AvgIpc) is 3.66. The van der Waals surface area contributed by atoms with Crippen molar-refractivity contribution in [2.75, 3.05) is 0 Å². The van der Waals surface area contributed by atoms with Crippen molar-refractivity contribution in [1.29, 1.82) is 0 Å². The van der Waals surface area contributed by atoms with E-state index in [-0.39, 0.29) is 64.7 Å². The molecule has 6 fully saturated rings. The molecule has 0 aromatic carbocycles. The molecule has 3 aliphatic heterocycles. The van der Waals surface area contributed by atoms with Crippen molar-refractivity contribution in [1.82, 2.24) is 0 Å². The standard InChI is InChI=1S/C28H40O7/c1-13(17-12-24(2)27(5,35-24)23(31)33-17)14-8-9-15-20-16(11-19(30)25(14,15)3)26(4)18(29)7-6-10-28(26,32)22-21(20)34-22/h6-7,13-17,19-23,30-32H,8-12H2,1-5H3/t13-,14+,15-,16-,17+,19-,20-,21-,22-,23+,24-,25+,26-,27+,28-/m0/s1. The fourth-order valence-electron chi connectivity index (χ4n) is 10.2. The Hall–Kier alpha value is -0.830. The first kappa shape index (κ1) is 23.3. The zero-order valence-electron chi connectivity index (χ0n) is 21.4. The molecule has 4 aliphatic carbocycles. The van der Waals surface area contributed by atoms with Crippen molar-refractivity contribution in [3.8, 4) is 0 Å². The Morgan fingerprint density at radius 3 is 2.54 bits per heavy atom. The number of aliphatic hydroxyl groups is 3. The van der Waals surface area contributed by atoms with Gasteiger partial charge in [-0.15, -0.1) is 0 Å². The van der Waals surface area contributed by atoms with Crippen LogP contribution in [0.2, 0.25) is 0 Å². The Labute approximate surface area is 207 Å². The third-order valence-electron chi connectivity index (χ3n) is 12.8. The number of aliphatic hydroxyl groups excluding tert-OH is 2. The van der Waals surface area contributed by atoms with Gasteiger partial charge in [0.05, 0.1) is 23.7 Å². The van der Waals surface area contributed by atoms with Crippen molar-refractivity contribution >= 4 is 5.78 Å². The van der Waals surface area contributed by atoms with Crippen LogP contribution in [-0.4, -0.2) is 68.6 Å². The number of carbonyl (C=O) groups is 1. The number of ketones is 1. The smallest absolute Gasteiger partial charge is 0.186 e. The summed E-state index contributed by atoms with van der Waals surface area (Å²) in [4.78, 5) is 13.3. The molecule has 7 rings (SSSR count). The summed E-state index contributed by atoms with van der Waals surface area (Å²) in [6.07, 6.45) is 5.01. The van der Waals surface area contributed by atoms with E-state index in [4.69, 9.17) is 14.2 Å². The van der Waals surface area contributed by atoms with E-state index in [9.17, 15) is 20.1 Å². The summed E-state index contributed by atoms with van der Waals surface area (Å²) in [6, 6.07) is 0. The highest BCUT2D eigenvalue weighted by molar-refractivity contribution is 5.97. The SMILES string of the molecule is C[C@@H]([C@H]1CC[C@H]2[C@@H]3[C@@H]4O[C@@H]4[C@@]4(O)CC=CC(=O)[C@]4(C)[C@H]3C[C@H](O)[C@]12C)[C@H]1C[C@]2(C)O[C@]2(C)[C@H](O)O1. The normalized spacial score (nSPS) is 64.9. The molecule has 0 spiro atoms. The molecule has 0 aromatic rings. The molecule has 7 aliphatic rings. The molecule has 0 amide bonds. The van der Waals surface area contributed by atoms with E-state index in [2.05, 4.69) is 20.8 Å². The molecule has 0 unspecified atom stereocenters. The van der Waals surface area contributed by atoms with Crippen molar-refractivity contribution in [3.63, 3.8) is 0 Å². The van der Waals surface area contributed by atoms with Gasteiger partial charge in [0.1, 0.15) is 22.9 Å². The van der Waals surface area contributed by atoms with E-state index in [0.29, 0.717) is 12.8 Å². The molecule has 35 heavy (non-hydrogen) atoms. The van der Waals surface area contributed by atoms with Crippen LogP contribution in [0.1, 0.15) is 66.7 Å². The van der Waals surface area contributed by atoms with E-state index < -0.39 is 29.0 Å². The Balaban J connectivity index is 1.21. The van der Waals surface area contributed by atoms with Gasteiger partial charge < -0.3 is 29.5 Å². The minimum atomic E-state index is -1.19. The highest BCUT2D eigenvalue weighted by atomic mass is 16.7. The van der Waals surface area contributed by atoms with Gasteiger partial charge in [-0.2, -0.15) is 0 Å². The maximum atomic E-state index is 13.3. The number of ether oxygens (including phenoxy) is 3. The summed E-state index contributed by atoms with van der Waals surface area (Å²) >= 11 is 0. The summed E-state index contributed by atoms with van der Waals surface area (Å²) in [5, 5.41) is 34.2. The van der Waals surface area contributed by atoms with Gasteiger partial charge in [0.25, 0.3) is 0 Å². The summed E-state index contributed by atoms with van der Waals surface area (Å²) < 4.78 is 18.3. The first-order valence-corrected chi connectivity index (χ1v) is 13.6. The number of fused-ring (bicyclic) bond motifs is 9. The van der Waals surface area contributed by atoms with Crippen LogP contribution in [0.4, 0.5) is 0 Å². The topological polar surface area (TPSA) is 112 Å². The quantitative estimate of drug-likeness (QED) is 0.512. The number of rotatable bonds is 2. The molecule has 0 bridgehead atoms. The monoisotopic (exact) mass is 488 g/mol. The fraction of sp³-hybridized carbons (Fsp3) is 0.893. The summed E-state index contributed by atoms with van der Waals surface area (Å²) in [5.74, 6) is 0.590. The second kappa shape index (κ2) is 6.59. The van der Waals surface area contributed by atoms with E-state index >= 15 is 0 Å². The lowest BCUT2D eigenvalue weighted by Gasteiger charge is -2.61. The average molecular weight is 489 g/mol. The molecular weight excluding hydrogens is 448 g/mol. The number of hydrogen-bond acceptors (Lipinski definition) is 7. The third-order valence-corrected chi connectivity index (χ3v) is 12.8. The van der Waals surface area contributed by atoms with Crippen molar-refractivity contribution in [3.05, 3.63) is 12.2 Å². The molecule has 7 heteroatoms. The minimum Gasteiger partial charge on any atom is -0.393 e. The van der Waals surface area contributed by atoms with Crippen LogP contribution in [0.25, 0.3) is 0 Å². The van der Waals surface area contributed by atoms with Crippen LogP contribution in [0, 0.1) is 40.4 Å². The fourth-order valence-corrected chi connectivity index (χ4v) is 10.2. The Bertz CT molecular complexity index is 1010. The molecule has 3 N–H and O–H groups in total. The predicted molar refractivity (Wildman–Crippen MR) is 125 cm³/mol. The largest absolute Gasteiger partial charge is 0.393 e. The Morgan fingerprint density at radius 2 is 1.83 bits per heavy atom. The maximum Gasteiger partial charge on any atom is 0.186 e. The molecule has 7 nitrogen and oxygen atoms in total. The summed E-state index contributed by atoms with van der Waals surface area (Å²) in [5.41, 5.74) is -3.46. The van der Waals surface area contributed by atoms with Crippen molar-refractivity contribution < 1.29 is 34.3 Å². The van der Waals surface area contributed by atoms with Crippen LogP contribution in [-0.2, 0) is 19.0 Å². The molecule has 15 atom stereocenters. The highest BCUT2D eigenvalue weighted by Gasteiger charge is 2.79. The number of allylic oxidation sites excluding steroid dienone is 1. The lowest BCUT2D eigenvalue weighted by molar-refractivity contribution is -0.216. The predicted octanol–water partition coefficient (Wildman–Crippen LogP) is 2.35. The lowest BCUT2D eigenvalue weighted by atomic mass is 9.43. The van der Waals surface area contributed by atoms with Crippen molar-refractivity contribution in [2.24, 2.45) is 40.4 Å². The Morgan fingerprint density at radius 1 is 1.09 bits per heavy atom. The van der Waals surface area contributed by atoms with Crippen LogP contribution in [0.3, 0.4) is 0 Å². The number of epoxide rings is 2. The number of carbonyl (C=O) groups excluding carboxylic acids is 1. The van der Waals surface area contributed by atoms with Gasteiger partial charge in [0, 0.05) is 6.42 Å². The zero-order valence-corrected chi connectivity index (χ0v) is 21.4. The lowest BCUT2D eigenvalue weighted by Crippen LogP contribution is -2.69. The van der Waals surface area contributed by atoms with E-state index in [1.54, 1.807) is 12.2 Å². The molecule has 3 saturated heterocycles. The molecule has 3 heterocycles. The first-order valence-electron chi connectivity index (χ1n) is 13.6. The molecule has 194 valence electrons. The van der Waals surface area contributed by atoms with E-state index in [0.717, 1.165) is 19.3 Å². The van der Waals surface area contributed by atoms with Gasteiger partial charge in [-0.05, 0) is 87.5 Å². The summed E-state index contributed by atoms with van der Waals surface area (Å²) in [6.45, 7) is 10.3. The van der Waals surface area contributed by atoms with Gasteiger partial charge in [-0.3, -0.25) is 4.79 Å². The zero-order chi connectivity index (χ0) is 24.9. The molecule has 0 radical (unpaired) electrons. The van der Waals surface area contributed by atoms with E-state index in [1.807, 2.05) is 13.8 Å². The van der Waals surface area contributed by atoms with Gasteiger partial charge in [0.15, 0.2) is 12.1 Å². The van der Waals surface area contributed by atoms with Crippen LogP contribution >= 0.6 is 0 Å². The first-order chi connectivity index (χ1) is 16.3. The minimum absolute atomic E-state index is 0.0285. The van der Waals surface area contributed by atoms with Crippen LogP contribution in [0.15, 0.2) is 12.2 Å².